The molecule has 3 heterocycles. The second-order valence-electron chi connectivity index (χ2n) is 10.6. The first kappa shape index (κ1) is 28.2. The molecule has 1 aromatic rings. The molecule has 10 heteroatoms. The molecule has 38 heavy (non-hydrogen) atoms. The van der Waals surface area contributed by atoms with Gasteiger partial charge in [-0.1, -0.05) is 35.5 Å². The number of benzene rings is 1. The Kier molecular flexibility index (Phi) is 8.57. The summed E-state index contributed by atoms with van der Waals surface area (Å²) in [5, 5.41) is 3.19. The maximum Gasteiger partial charge on any atom is 0.338 e. The Bertz CT molecular complexity index is 1200. The second-order valence-corrected chi connectivity index (χ2v) is 11.8. The molecule has 0 N–H and O–H groups in total. The van der Waals surface area contributed by atoms with Crippen molar-refractivity contribution < 1.29 is 23.9 Å². The summed E-state index contributed by atoms with van der Waals surface area (Å²) in [6.07, 6.45) is 1.58. The van der Waals surface area contributed by atoms with E-state index in [0.29, 0.717) is 47.6 Å². The third-order valence-corrected chi connectivity index (χ3v) is 7.67. The van der Waals surface area contributed by atoms with E-state index >= 15 is 0 Å². The molecule has 0 unspecified atom stereocenters. The Hall–Kier alpha value is -2.78. The van der Waals surface area contributed by atoms with Crippen LogP contribution in [0.2, 0.25) is 5.02 Å². The van der Waals surface area contributed by atoms with Gasteiger partial charge in [0.15, 0.2) is 5.17 Å². The van der Waals surface area contributed by atoms with Gasteiger partial charge >= 0.3 is 11.9 Å². The number of ether oxygens (including phenoxy) is 2. The highest BCUT2D eigenvalue weighted by Crippen LogP contribution is 2.45. The zero-order valence-electron chi connectivity index (χ0n) is 22.5. The Morgan fingerprint density at radius 3 is 2.55 bits per heavy atom. The number of thioether (sulfide) groups is 1. The first-order valence-electron chi connectivity index (χ1n) is 12.9. The van der Waals surface area contributed by atoms with Gasteiger partial charge in [-0.15, -0.1) is 0 Å². The van der Waals surface area contributed by atoms with Crippen LogP contribution in [0, 0.1) is 5.92 Å². The maximum absolute atomic E-state index is 13.4. The highest BCUT2D eigenvalue weighted by atomic mass is 35.5. The summed E-state index contributed by atoms with van der Waals surface area (Å²) in [5.74, 6) is -1.09. The number of fused-ring (bicyclic) bond motifs is 1. The van der Waals surface area contributed by atoms with E-state index in [2.05, 4.69) is 0 Å². The van der Waals surface area contributed by atoms with Crippen LogP contribution in [-0.4, -0.2) is 58.1 Å². The van der Waals surface area contributed by atoms with Gasteiger partial charge < -0.3 is 19.3 Å². The molecule has 0 saturated carbocycles. The number of carbonyl (C=O) groups is 3. The van der Waals surface area contributed by atoms with Gasteiger partial charge in [0.1, 0.15) is 5.60 Å². The summed E-state index contributed by atoms with van der Waals surface area (Å²) in [4.78, 5) is 47.6. The van der Waals surface area contributed by atoms with Crippen molar-refractivity contribution >= 4 is 46.4 Å². The number of amides is 1. The second kappa shape index (κ2) is 11.5. The number of nitrogens with zero attached hydrogens (tertiary/aromatic N) is 3. The van der Waals surface area contributed by atoms with Crippen molar-refractivity contribution in [1.29, 1.82) is 0 Å². The minimum absolute atomic E-state index is 0.0768. The smallest absolute Gasteiger partial charge is 0.338 e. The van der Waals surface area contributed by atoms with E-state index < -0.39 is 17.6 Å². The molecule has 0 bridgehead atoms. The van der Waals surface area contributed by atoms with Crippen molar-refractivity contribution in [2.75, 3.05) is 19.7 Å². The van der Waals surface area contributed by atoms with Gasteiger partial charge in [-0.05, 0) is 70.6 Å². The van der Waals surface area contributed by atoms with E-state index in [4.69, 9.17) is 26.1 Å². The van der Waals surface area contributed by atoms with Crippen LogP contribution in [0.5, 0.6) is 0 Å². The first-order chi connectivity index (χ1) is 18.0. The predicted octanol–water partition coefficient (Wildman–Crippen LogP) is 5.45. The summed E-state index contributed by atoms with van der Waals surface area (Å²) >= 11 is 7.60. The Morgan fingerprint density at radius 1 is 1.18 bits per heavy atom. The van der Waals surface area contributed by atoms with Crippen LogP contribution in [0.25, 0.3) is 0 Å². The Morgan fingerprint density at radius 2 is 1.89 bits per heavy atom. The molecule has 3 aliphatic heterocycles. The normalized spacial score (nSPS) is 21.5. The largest absolute Gasteiger partial charge is 0.466 e. The molecule has 1 aromatic carbocycles. The molecule has 204 valence electrons. The molecule has 4 rings (SSSR count). The van der Waals surface area contributed by atoms with Crippen LogP contribution in [-0.2, 0) is 23.9 Å². The third-order valence-electron chi connectivity index (χ3n) is 6.53. The van der Waals surface area contributed by atoms with Crippen LogP contribution in [0.15, 0.2) is 51.6 Å². The predicted molar refractivity (Wildman–Crippen MR) is 148 cm³/mol. The first-order valence-corrected chi connectivity index (χ1v) is 14.1. The van der Waals surface area contributed by atoms with Gasteiger partial charge in [0.2, 0.25) is 5.91 Å². The lowest BCUT2D eigenvalue weighted by atomic mass is 9.93. The summed E-state index contributed by atoms with van der Waals surface area (Å²) in [6.45, 7) is 10.3. The van der Waals surface area contributed by atoms with Crippen LogP contribution in [0.3, 0.4) is 0 Å². The van der Waals surface area contributed by atoms with Crippen molar-refractivity contribution in [3.8, 4) is 0 Å². The lowest BCUT2D eigenvalue weighted by Crippen LogP contribution is -2.44. The third kappa shape index (κ3) is 6.26. The minimum Gasteiger partial charge on any atom is -0.466 e. The summed E-state index contributed by atoms with van der Waals surface area (Å²) in [6, 6.07) is 6.80. The van der Waals surface area contributed by atoms with Crippen LogP contribution >= 0.6 is 23.4 Å². The lowest BCUT2D eigenvalue weighted by Gasteiger charge is -2.38. The number of hydrogen-bond acceptors (Lipinski definition) is 8. The van der Waals surface area contributed by atoms with E-state index in [0.717, 1.165) is 17.7 Å². The van der Waals surface area contributed by atoms with E-state index in [1.54, 1.807) is 30.9 Å². The fraction of sp³-hybridized carbons (Fsp3) is 0.500. The number of halogens is 1. The number of carbonyl (C=O) groups excluding carboxylic acids is 3. The van der Waals surface area contributed by atoms with Crippen LogP contribution < -0.4 is 0 Å². The van der Waals surface area contributed by atoms with E-state index in [-0.39, 0.29) is 24.2 Å². The lowest BCUT2D eigenvalue weighted by molar-refractivity contribution is -0.152. The summed E-state index contributed by atoms with van der Waals surface area (Å²) in [5.41, 5.74) is 1.89. The Balaban J connectivity index is 1.62. The van der Waals surface area contributed by atoms with Gasteiger partial charge in [0.25, 0.3) is 0 Å². The number of likely N-dealkylation sites (tertiary alicyclic amines) is 1. The standard InChI is InChI=1S/C28H34ClN3O5S/c1-6-36-25(34)19-8-7-13-31(15-19)22(33)14-21-16-38-27-30-17(2)23(26(35)37-28(3,4)5)24(32(21)27)18-9-11-20(29)12-10-18/h9-12,16,19,24H,6-8,13-15H2,1-5H3/t19-,24-/m1/s1. The number of hydrogen-bond donors (Lipinski definition) is 0. The Labute approximate surface area is 233 Å². The van der Waals surface area contributed by atoms with E-state index in [1.807, 2.05) is 43.2 Å². The summed E-state index contributed by atoms with van der Waals surface area (Å²) < 4.78 is 11.0. The van der Waals surface area contributed by atoms with Crippen LogP contribution in [0.1, 0.15) is 65.5 Å². The molecule has 1 fully saturated rings. The topological polar surface area (TPSA) is 88.5 Å². The quantitative estimate of drug-likeness (QED) is 0.428. The van der Waals surface area contributed by atoms with Crippen molar-refractivity contribution in [3.63, 3.8) is 0 Å². The van der Waals surface area contributed by atoms with E-state index in [9.17, 15) is 14.4 Å². The van der Waals surface area contributed by atoms with E-state index in [1.165, 1.54) is 11.8 Å². The molecule has 8 nitrogen and oxygen atoms in total. The monoisotopic (exact) mass is 559 g/mol. The molecule has 0 aliphatic carbocycles. The average Bonchev–Trinajstić information content (AvgIpc) is 3.24. The SMILES string of the molecule is CCOC(=O)[C@@H]1CCCN(C(=O)CC2=CSC3=NC(C)=C(C(=O)OC(C)(C)C)[C@@H](c4ccc(Cl)cc4)N23)C1. The fourth-order valence-corrected chi connectivity index (χ4v) is 5.94. The highest BCUT2D eigenvalue weighted by Gasteiger charge is 2.42. The van der Waals surface area contributed by atoms with Crippen molar-refractivity contribution in [2.45, 2.75) is 65.5 Å². The highest BCUT2D eigenvalue weighted by molar-refractivity contribution is 8.16. The molecule has 1 amide bonds. The number of amidine groups is 1. The van der Waals surface area contributed by atoms with Crippen molar-refractivity contribution in [1.82, 2.24) is 9.80 Å². The zero-order valence-corrected chi connectivity index (χ0v) is 24.0. The molecule has 3 aliphatic rings. The molecule has 0 aromatic heterocycles. The number of esters is 2. The number of piperidine rings is 1. The van der Waals surface area contributed by atoms with Gasteiger partial charge in [0.05, 0.1) is 36.3 Å². The summed E-state index contributed by atoms with van der Waals surface area (Å²) in [7, 11) is 0. The molecule has 0 radical (unpaired) electrons. The maximum atomic E-state index is 13.4. The molecular weight excluding hydrogens is 526 g/mol. The van der Waals surface area contributed by atoms with Gasteiger partial charge in [-0.3, -0.25) is 9.59 Å². The van der Waals surface area contributed by atoms with Crippen molar-refractivity contribution in [2.24, 2.45) is 10.9 Å². The molecule has 2 atom stereocenters. The average molecular weight is 560 g/mol. The van der Waals surface area contributed by atoms with Crippen LogP contribution in [0.4, 0.5) is 0 Å². The fourth-order valence-electron chi connectivity index (χ4n) is 4.85. The molecule has 0 spiro atoms. The van der Waals surface area contributed by atoms with Gasteiger partial charge in [-0.25, -0.2) is 9.79 Å². The van der Waals surface area contributed by atoms with Gasteiger partial charge in [0, 0.05) is 23.8 Å². The zero-order chi connectivity index (χ0) is 27.6. The minimum atomic E-state index is -0.684. The molecule has 1 saturated heterocycles. The number of allylic oxidation sites excluding steroid dienone is 1. The molecular formula is C28H34ClN3O5S. The number of aliphatic imine (C=N–C) groups is 1. The van der Waals surface area contributed by atoms with Gasteiger partial charge in [-0.2, -0.15) is 0 Å². The number of rotatable bonds is 6. The van der Waals surface area contributed by atoms with Crippen molar-refractivity contribution in [3.05, 3.63) is 57.2 Å².